The Bertz CT molecular complexity index is 712. The summed E-state index contributed by atoms with van der Waals surface area (Å²) < 4.78 is 0. The third kappa shape index (κ3) is 2.75. The second-order valence-corrected chi connectivity index (χ2v) is 7.24. The van der Waals surface area contributed by atoms with Gasteiger partial charge >= 0.3 is 0 Å². The number of rotatable bonds is 5. The van der Waals surface area contributed by atoms with Crippen molar-refractivity contribution in [2.45, 2.75) is 46.0 Å². The molecule has 0 fully saturated rings. The van der Waals surface area contributed by atoms with Crippen molar-refractivity contribution in [2.75, 3.05) is 0 Å². The highest BCUT2D eigenvalue weighted by Crippen LogP contribution is 2.56. The molecule has 1 N–H and O–H groups in total. The molecule has 0 bridgehead atoms. The van der Waals surface area contributed by atoms with Crippen LogP contribution in [0.25, 0.3) is 0 Å². The van der Waals surface area contributed by atoms with Gasteiger partial charge in [-0.05, 0) is 24.3 Å². The lowest BCUT2D eigenvalue weighted by Gasteiger charge is -2.47. The summed E-state index contributed by atoms with van der Waals surface area (Å²) in [5.74, 6) is 2.35. The molecule has 0 amide bonds. The Morgan fingerprint density at radius 2 is 2.00 bits per heavy atom. The van der Waals surface area contributed by atoms with Crippen molar-refractivity contribution in [1.82, 2.24) is 9.97 Å². The highest BCUT2D eigenvalue weighted by atomic mass is 14.9. The van der Waals surface area contributed by atoms with Crippen LogP contribution in [0, 0.1) is 11.3 Å². The Morgan fingerprint density at radius 3 is 2.62 bits per heavy atom. The highest BCUT2D eigenvalue weighted by Gasteiger charge is 2.46. The van der Waals surface area contributed by atoms with Gasteiger partial charge in [-0.2, -0.15) is 0 Å². The Hall–Kier alpha value is -2.09. The lowest BCUT2D eigenvalue weighted by atomic mass is 9.56. The summed E-state index contributed by atoms with van der Waals surface area (Å²) >= 11 is 0. The molecule has 2 nitrogen and oxygen atoms in total. The van der Waals surface area contributed by atoms with Crippen LogP contribution < -0.4 is 0 Å². The van der Waals surface area contributed by atoms with Crippen molar-refractivity contribution in [1.29, 1.82) is 0 Å². The zero-order chi connectivity index (χ0) is 17.2. The molecule has 3 rings (SSSR count). The van der Waals surface area contributed by atoms with Gasteiger partial charge in [0.2, 0.25) is 0 Å². The van der Waals surface area contributed by atoms with E-state index < -0.39 is 0 Å². The van der Waals surface area contributed by atoms with Gasteiger partial charge in [-0.15, -0.1) is 0 Å². The van der Waals surface area contributed by atoms with Crippen LogP contribution in [0.1, 0.15) is 57.3 Å². The average molecular weight is 320 g/mol. The monoisotopic (exact) mass is 320 g/mol. The summed E-state index contributed by atoms with van der Waals surface area (Å²) in [5, 5.41) is 0. The smallest absolute Gasteiger partial charge is 0.113 e. The minimum absolute atomic E-state index is 0.00336. The number of aromatic nitrogens is 2. The lowest BCUT2D eigenvalue weighted by Crippen LogP contribution is -2.38. The molecule has 0 saturated carbocycles. The number of H-pyrrole nitrogens is 1. The van der Waals surface area contributed by atoms with Gasteiger partial charge in [0.1, 0.15) is 5.82 Å². The molecule has 1 aliphatic carbocycles. The molecule has 0 spiro atoms. The average Bonchev–Trinajstić information content (AvgIpc) is 3.12. The molecule has 2 aromatic rings. The van der Waals surface area contributed by atoms with Crippen molar-refractivity contribution in [2.24, 2.45) is 11.3 Å². The van der Waals surface area contributed by atoms with Crippen molar-refractivity contribution in [3.05, 3.63) is 77.9 Å². The quantitative estimate of drug-likeness (QED) is 0.736. The third-order valence-corrected chi connectivity index (χ3v) is 5.98. The van der Waals surface area contributed by atoms with E-state index in [1.807, 2.05) is 12.4 Å². The van der Waals surface area contributed by atoms with Crippen LogP contribution >= 0.6 is 0 Å². The van der Waals surface area contributed by atoms with Crippen LogP contribution in [0.2, 0.25) is 0 Å². The van der Waals surface area contributed by atoms with Crippen LogP contribution in [0.15, 0.2) is 66.5 Å². The van der Waals surface area contributed by atoms with E-state index in [9.17, 15) is 0 Å². The fourth-order valence-corrected chi connectivity index (χ4v) is 4.36. The van der Waals surface area contributed by atoms with Gasteiger partial charge in [-0.3, -0.25) is 0 Å². The Balaban J connectivity index is 2.15. The van der Waals surface area contributed by atoms with Gasteiger partial charge in [-0.25, -0.2) is 4.98 Å². The molecular formula is C22H28N2. The zero-order valence-corrected chi connectivity index (χ0v) is 15.2. The van der Waals surface area contributed by atoms with Gasteiger partial charge in [0.05, 0.1) is 0 Å². The Morgan fingerprint density at radius 1 is 1.25 bits per heavy atom. The summed E-state index contributed by atoms with van der Waals surface area (Å²) in [4.78, 5) is 7.95. The van der Waals surface area contributed by atoms with Crippen molar-refractivity contribution in [3.8, 4) is 0 Å². The van der Waals surface area contributed by atoms with E-state index in [4.69, 9.17) is 0 Å². The number of hydrogen-bond donors (Lipinski definition) is 1. The third-order valence-electron chi connectivity index (χ3n) is 5.98. The zero-order valence-electron chi connectivity index (χ0n) is 15.2. The van der Waals surface area contributed by atoms with E-state index in [0.29, 0.717) is 11.8 Å². The number of aromatic amines is 1. The topological polar surface area (TPSA) is 28.7 Å². The fourth-order valence-electron chi connectivity index (χ4n) is 4.36. The largest absolute Gasteiger partial charge is 0.348 e. The maximum Gasteiger partial charge on any atom is 0.113 e. The normalized spacial score (nSPS) is 26.0. The molecule has 4 unspecified atom stereocenters. The Labute approximate surface area is 145 Å². The summed E-state index contributed by atoms with van der Waals surface area (Å²) in [7, 11) is 0. The standard InChI is InChI=1S/C22H28N2/c1-5-16(2)20(18-11-7-6-8-12-18)22(4)17(3)10-9-13-19(22)21-23-14-15-24-21/h6-16,19-20H,5H2,1-4H3,(H,23,24). The molecule has 1 aromatic carbocycles. The van der Waals surface area contributed by atoms with Gasteiger partial charge in [0.25, 0.3) is 0 Å². The van der Waals surface area contributed by atoms with Crippen molar-refractivity contribution >= 4 is 0 Å². The van der Waals surface area contributed by atoms with Gasteiger partial charge in [0.15, 0.2) is 0 Å². The maximum absolute atomic E-state index is 4.60. The summed E-state index contributed by atoms with van der Waals surface area (Å²) in [6, 6.07) is 11.0. The molecule has 1 aliphatic rings. The SMILES string of the molecule is CCC(C)C(c1ccccc1)C1(C)C(C)=CC=CC1c1ncc[nH]1. The first-order valence-corrected chi connectivity index (χ1v) is 8.98. The minimum atomic E-state index is 0.00336. The molecule has 1 aromatic heterocycles. The molecule has 126 valence electrons. The van der Waals surface area contributed by atoms with Gasteiger partial charge in [-0.1, -0.05) is 81.3 Å². The van der Waals surface area contributed by atoms with Crippen LogP contribution in [0.4, 0.5) is 0 Å². The second-order valence-electron chi connectivity index (χ2n) is 7.24. The van der Waals surface area contributed by atoms with E-state index in [0.717, 1.165) is 12.2 Å². The van der Waals surface area contributed by atoms with Crippen LogP contribution in [0.3, 0.4) is 0 Å². The second kappa shape index (κ2) is 6.80. The number of allylic oxidation sites excluding steroid dienone is 4. The number of nitrogens with one attached hydrogen (secondary N) is 1. The number of imidazole rings is 1. The predicted molar refractivity (Wildman–Crippen MR) is 101 cm³/mol. The highest BCUT2D eigenvalue weighted by molar-refractivity contribution is 5.39. The number of hydrogen-bond acceptors (Lipinski definition) is 1. The van der Waals surface area contributed by atoms with E-state index in [1.54, 1.807) is 0 Å². The van der Waals surface area contributed by atoms with Crippen LogP contribution in [-0.4, -0.2) is 9.97 Å². The van der Waals surface area contributed by atoms with E-state index in [-0.39, 0.29) is 11.3 Å². The molecule has 2 heteroatoms. The molecular weight excluding hydrogens is 292 g/mol. The molecule has 24 heavy (non-hydrogen) atoms. The van der Waals surface area contributed by atoms with E-state index in [2.05, 4.69) is 86.2 Å². The first-order valence-electron chi connectivity index (χ1n) is 8.98. The fraction of sp³-hybridized carbons (Fsp3) is 0.409. The van der Waals surface area contributed by atoms with Gasteiger partial charge < -0.3 is 4.98 Å². The first-order chi connectivity index (χ1) is 11.6. The minimum Gasteiger partial charge on any atom is -0.348 e. The molecule has 4 atom stereocenters. The summed E-state index contributed by atoms with van der Waals surface area (Å²) in [6.07, 6.45) is 11.7. The number of nitrogens with zero attached hydrogens (tertiary/aromatic N) is 1. The van der Waals surface area contributed by atoms with Crippen LogP contribution in [-0.2, 0) is 0 Å². The first kappa shape index (κ1) is 16.8. The summed E-state index contributed by atoms with van der Waals surface area (Å²) in [6.45, 7) is 9.37. The molecule has 1 heterocycles. The predicted octanol–water partition coefficient (Wildman–Crippen LogP) is 5.85. The van der Waals surface area contributed by atoms with Gasteiger partial charge in [0, 0.05) is 23.7 Å². The van der Waals surface area contributed by atoms with Crippen molar-refractivity contribution in [3.63, 3.8) is 0 Å². The maximum atomic E-state index is 4.60. The van der Waals surface area contributed by atoms with Crippen molar-refractivity contribution < 1.29 is 0 Å². The summed E-state index contributed by atoms with van der Waals surface area (Å²) in [5.41, 5.74) is 2.86. The molecule has 0 saturated heterocycles. The molecule has 0 radical (unpaired) electrons. The van der Waals surface area contributed by atoms with E-state index >= 15 is 0 Å². The van der Waals surface area contributed by atoms with Crippen LogP contribution in [0.5, 0.6) is 0 Å². The molecule has 0 aliphatic heterocycles. The lowest BCUT2D eigenvalue weighted by molar-refractivity contribution is 0.208. The Kier molecular flexibility index (Phi) is 4.75. The number of benzene rings is 1. The van der Waals surface area contributed by atoms with E-state index in [1.165, 1.54) is 11.1 Å².